The smallest absolute Gasteiger partial charge is 0.330 e. The molecular formula is C15H25FN3O5P. The van der Waals surface area contributed by atoms with E-state index >= 15 is 0 Å². The zero-order valence-electron chi connectivity index (χ0n) is 15.7. The molecule has 0 bridgehead atoms. The number of hydrogen-bond acceptors (Lipinski definition) is 6. The van der Waals surface area contributed by atoms with Gasteiger partial charge in [-0.1, -0.05) is 0 Å². The molecule has 10 heteroatoms. The van der Waals surface area contributed by atoms with Gasteiger partial charge in [0.2, 0.25) is 5.82 Å². The Labute approximate surface area is 147 Å². The highest BCUT2D eigenvalue weighted by Gasteiger charge is 2.38. The summed E-state index contributed by atoms with van der Waals surface area (Å²) in [5, 5.41) is 0. The van der Waals surface area contributed by atoms with Crippen LogP contribution in [0.2, 0.25) is 0 Å². The van der Waals surface area contributed by atoms with Gasteiger partial charge in [-0.25, -0.2) is 9.46 Å². The Bertz CT molecular complexity index is 720. The SMILES string of the molecule is [2H]CC1OC(n2cc(F)c(=O)[nH]c2=O)C[C@H]1OP(O)N(C(C)C)C(C)C. The molecule has 1 aliphatic heterocycles. The number of nitrogens with one attached hydrogen (secondary N) is 1. The fourth-order valence-corrected chi connectivity index (χ4v) is 4.19. The third-order valence-corrected chi connectivity index (χ3v) is 5.68. The molecule has 1 fully saturated rings. The van der Waals surface area contributed by atoms with Crippen molar-refractivity contribution in [2.45, 2.75) is 71.5 Å². The molecule has 1 aliphatic rings. The van der Waals surface area contributed by atoms with Crippen LogP contribution in [0.3, 0.4) is 0 Å². The molecule has 142 valence electrons. The third-order valence-electron chi connectivity index (χ3n) is 3.90. The standard InChI is InChI=1S/C15H25FN3O5P/c1-8(2)19(9(3)4)25(22)24-12-6-13(23-10(12)5)18-7-11(16)14(20)17-15(18)21/h7-10,12-13,22H,6H2,1-5H3,(H,17,20,21)/t10?,12-,13?,25?/m1/s1/i5D. The summed E-state index contributed by atoms with van der Waals surface area (Å²) in [4.78, 5) is 35.4. The number of ether oxygens (including phenoxy) is 1. The molecular weight excluding hydrogens is 352 g/mol. The van der Waals surface area contributed by atoms with Crippen LogP contribution in [-0.2, 0) is 9.26 Å². The monoisotopic (exact) mass is 378 g/mol. The van der Waals surface area contributed by atoms with Gasteiger partial charge in [-0.05, 0) is 34.6 Å². The zero-order chi connectivity index (χ0) is 19.6. The van der Waals surface area contributed by atoms with Crippen LogP contribution in [0.5, 0.6) is 0 Å². The van der Waals surface area contributed by atoms with Gasteiger partial charge in [0, 0.05) is 19.9 Å². The van der Waals surface area contributed by atoms with E-state index in [0.717, 1.165) is 10.8 Å². The van der Waals surface area contributed by atoms with Crippen LogP contribution in [-0.4, -0.2) is 43.4 Å². The molecule has 0 radical (unpaired) electrons. The van der Waals surface area contributed by atoms with Crippen molar-refractivity contribution >= 4 is 8.53 Å². The minimum Gasteiger partial charge on any atom is -0.352 e. The van der Waals surface area contributed by atoms with Gasteiger partial charge in [-0.3, -0.25) is 14.3 Å². The van der Waals surface area contributed by atoms with Crippen LogP contribution in [0.1, 0.15) is 48.6 Å². The summed E-state index contributed by atoms with van der Waals surface area (Å²) < 4.78 is 35.3. The van der Waals surface area contributed by atoms with E-state index < -0.39 is 44.0 Å². The first-order valence-corrected chi connectivity index (χ1v) is 9.21. The highest BCUT2D eigenvalue weighted by molar-refractivity contribution is 7.43. The molecule has 0 aliphatic carbocycles. The third kappa shape index (κ3) is 4.54. The largest absolute Gasteiger partial charge is 0.352 e. The number of H-pyrrole nitrogens is 1. The Morgan fingerprint density at radius 2 is 2.12 bits per heavy atom. The quantitative estimate of drug-likeness (QED) is 0.732. The van der Waals surface area contributed by atoms with E-state index in [0.29, 0.717) is 0 Å². The maximum Gasteiger partial charge on any atom is 0.330 e. The lowest BCUT2D eigenvalue weighted by atomic mass is 10.2. The fraction of sp³-hybridized carbons (Fsp3) is 0.733. The van der Waals surface area contributed by atoms with E-state index in [1.54, 1.807) is 0 Å². The number of aromatic amines is 1. The number of halogens is 1. The van der Waals surface area contributed by atoms with Gasteiger partial charge in [0.25, 0.3) is 14.1 Å². The lowest BCUT2D eigenvalue weighted by Crippen LogP contribution is -2.34. The van der Waals surface area contributed by atoms with E-state index in [4.69, 9.17) is 10.6 Å². The van der Waals surface area contributed by atoms with Crippen molar-refractivity contribution in [1.82, 2.24) is 14.2 Å². The minimum absolute atomic E-state index is 0.0506. The fourth-order valence-electron chi connectivity index (χ4n) is 2.83. The number of hydrogen-bond donors (Lipinski definition) is 2. The van der Waals surface area contributed by atoms with E-state index in [-0.39, 0.29) is 25.4 Å². The second-order valence-electron chi connectivity index (χ2n) is 6.47. The molecule has 8 nitrogen and oxygen atoms in total. The lowest BCUT2D eigenvalue weighted by Gasteiger charge is -2.34. The van der Waals surface area contributed by atoms with Crippen molar-refractivity contribution in [2.75, 3.05) is 0 Å². The van der Waals surface area contributed by atoms with Crippen molar-refractivity contribution in [3.8, 4) is 0 Å². The van der Waals surface area contributed by atoms with Crippen molar-refractivity contribution in [1.29, 1.82) is 0 Å². The molecule has 0 saturated carbocycles. The van der Waals surface area contributed by atoms with Crippen molar-refractivity contribution in [3.05, 3.63) is 32.9 Å². The van der Waals surface area contributed by atoms with Gasteiger partial charge in [0.1, 0.15) is 6.23 Å². The maximum atomic E-state index is 13.5. The summed E-state index contributed by atoms with van der Waals surface area (Å²) in [6.07, 6.45) is -1.26. The zero-order valence-corrected chi connectivity index (χ0v) is 15.6. The predicted octanol–water partition coefficient (Wildman–Crippen LogP) is 1.71. The molecule has 1 saturated heterocycles. The van der Waals surface area contributed by atoms with Gasteiger partial charge in [0.05, 0.1) is 18.4 Å². The van der Waals surface area contributed by atoms with Gasteiger partial charge in [-0.15, -0.1) is 0 Å². The molecule has 0 aromatic carbocycles. The number of aromatic nitrogens is 2. The molecule has 3 unspecified atom stereocenters. The molecule has 2 N–H and O–H groups in total. The normalized spacial score (nSPS) is 25.8. The Morgan fingerprint density at radius 1 is 1.48 bits per heavy atom. The first-order valence-electron chi connectivity index (χ1n) is 8.76. The first kappa shape index (κ1) is 18.7. The predicted molar refractivity (Wildman–Crippen MR) is 91.6 cm³/mol. The topological polar surface area (TPSA) is 96.8 Å². The highest BCUT2D eigenvalue weighted by Crippen LogP contribution is 2.45. The summed E-state index contributed by atoms with van der Waals surface area (Å²) in [6, 6.07) is 0.101. The minimum atomic E-state index is -1.92. The molecule has 0 spiro atoms. The molecule has 2 rings (SSSR count). The Hall–Kier alpha value is -1.12. The van der Waals surface area contributed by atoms with Gasteiger partial charge < -0.3 is 14.2 Å². The van der Waals surface area contributed by atoms with E-state index in [2.05, 4.69) is 0 Å². The first-order chi connectivity index (χ1) is 12.1. The Kier molecular flexibility index (Phi) is 6.01. The van der Waals surface area contributed by atoms with Crippen LogP contribution in [0.4, 0.5) is 4.39 Å². The molecule has 1 aromatic rings. The molecule has 1 aromatic heterocycles. The number of rotatable bonds is 6. The summed E-state index contributed by atoms with van der Waals surface area (Å²) >= 11 is 0. The van der Waals surface area contributed by atoms with Crippen LogP contribution in [0.15, 0.2) is 15.8 Å². The summed E-state index contributed by atoms with van der Waals surface area (Å²) in [5.74, 6) is -1.10. The molecule has 25 heavy (non-hydrogen) atoms. The molecule has 2 heterocycles. The summed E-state index contributed by atoms with van der Waals surface area (Å²) in [5.41, 5.74) is -1.90. The Morgan fingerprint density at radius 3 is 2.68 bits per heavy atom. The van der Waals surface area contributed by atoms with Crippen LogP contribution in [0, 0.1) is 5.82 Å². The van der Waals surface area contributed by atoms with Crippen LogP contribution in [0.25, 0.3) is 0 Å². The lowest BCUT2D eigenvalue weighted by molar-refractivity contribution is -0.00839. The van der Waals surface area contributed by atoms with Crippen molar-refractivity contribution in [2.24, 2.45) is 0 Å². The van der Waals surface area contributed by atoms with Gasteiger partial charge in [-0.2, -0.15) is 4.39 Å². The summed E-state index contributed by atoms with van der Waals surface area (Å²) in [6.45, 7) is 7.61. The summed E-state index contributed by atoms with van der Waals surface area (Å²) in [7, 11) is -1.92. The Balaban J connectivity index is 2.18. The maximum absolute atomic E-state index is 13.5. The molecule has 4 atom stereocenters. The average Bonchev–Trinajstić information content (AvgIpc) is 2.92. The van der Waals surface area contributed by atoms with E-state index in [1.807, 2.05) is 37.3 Å². The second-order valence-corrected chi connectivity index (χ2v) is 7.65. The average molecular weight is 378 g/mol. The van der Waals surface area contributed by atoms with Gasteiger partial charge >= 0.3 is 5.69 Å². The number of nitrogens with zero attached hydrogens (tertiary/aromatic N) is 2. The second kappa shape index (κ2) is 8.05. The van der Waals surface area contributed by atoms with Crippen LogP contribution < -0.4 is 11.2 Å². The van der Waals surface area contributed by atoms with E-state index in [1.165, 1.54) is 0 Å². The molecule has 0 amide bonds. The highest BCUT2D eigenvalue weighted by atomic mass is 31.2. The van der Waals surface area contributed by atoms with E-state index in [9.17, 15) is 18.9 Å². The van der Waals surface area contributed by atoms with Crippen LogP contribution >= 0.6 is 8.53 Å². The van der Waals surface area contributed by atoms with Crippen molar-refractivity contribution in [3.63, 3.8) is 0 Å². The van der Waals surface area contributed by atoms with Crippen molar-refractivity contribution < 1.29 is 19.9 Å². The van der Waals surface area contributed by atoms with Gasteiger partial charge in [0.15, 0.2) is 0 Å².